The van der Waals surface area contributed by atoms with Gasteiger partial charge in [-0.2, -0.15) is 0 Å². The molecule has 2 aromatic rings. The summed E-state index contributed by atoms with van der Waals surface area (Å²) in [5.74, 6) is 0.481. The zero-order valence-corrected chi connectivity index (χ0v) is 21.5. The molecule has 5 nitrogen and oxygen atoms in total. The van der Waals surface area contributed by atoms with Gasteiger partial charge in [0.05, 0.1) is 10.0 Å². The summed E-state index contributed by atoms with van der Waals surface area (Å²) in [6.45, 7) is 10.0. The van der Waals surface area contributed by atoms with Gasteiger partial charge >= 0.3 is 0 Å². The molecule has 33 heavy (non-hydrogen) atoms. The Kier molecular flexibility index (Phi) is 10.5. The highest BCUT2D eigenvalue weighted by molar-refractivity contribution is 6.42. The van der Waals surface area contributed by atoms with Crippen LogP contribution in [0.5, 0.6) is 5.75 Å². The van der Waals surface area contributed by atoms with Gasteiger partial charge in [-0.05, 0) is 55.0 Å². The Morgan fingerprint density at radius 3 is 2.30 bits per heavy atom. The fraction of sp³-hybridized carbons (Fsp3) is 0.462. The second-order valence-corrected chi connectivity index (χ2v) is 9.31. The Morgan fingerprint density at radius 1 is 1.00 bits per heavy atom. The highest BCUT2D eigenvalue weighted by Gasteiger charge is 2.29. The summed E-state index contributed by atoms with van der Waals surface area (Å²) in [6.07, 6.45) is 1.27. The van der Waals surface area contributed by atoms with Crippen LogP contribution in [0.3, 0.4) is 0 Å². The summed E-state index contributed by atoms with van der Waals surface area (Å²) in [7, 11) is 0. The number of hydrogen-bond acceptors (Lipinski definition) is 3. The zero-order valence-electron chi connectivity index (χ0n) is 20.0. The van der Waals surface area contributed by atoms with E-state index in [4.69, 9.17) is 27.9 Å². The number of carbonyl (C=O) groups excluding carboxylic acids is 2. The van der Waals surface area contributed by atoms with Crippen LogP contribution in [0.1, 0.15) is 64.5 Å². The topological polar surface area (TPSA) is 58.6 Å². The Balaban J connectivity index is 2.29. The molecule has 2 rings (SSSR count). The van der Waals surface area contributed by atoms with E-state index in [1.165, 1.54) is 0 Å². The molecule has 180 valence electrons. The first kappa shape index (κ1) is 27.0. The van der Waals surface area contributed by atoms with Gasteiger partial charge in [0.15, 0.2) is 6.61 Å². The van der Waals surface area contributed by atoms with E-state index in [-0.39, 0.29) is 36.9 Å². The molecule has 0 aliphatic carbocycles. The van der Waals surface area contributed by atoms with Crippen LogP contribution in [0.25, 0.3) is 0 Å². The number of hydrogen-bond donors (Lipinski definition) is 1. The van der Waals surface area contributed by atoms with Gasteiger partial charge < -0.3 is 15.0 Å². The molecule has 0 heterocycles. The number of para-hydroxylation sites is 1. The first-order valence-electron chi connectivity index (χ1n) is 11.4. The van der Waals surface area contributed by atoms with Crippen LogP contribution in [-0.4, -0.2) is 35.4 Å². The first-order chi connectivity index (χ1) is 15.7. The molecule has 1 N–H and O–H groups in total. The Labute approximate surface area is 207 Å². The normalized spacial score (nSPS) is 12.8. The fourth-order valence-corrected chi connectivity index (χ4v) is 3.83. The molecule has 0 saturated carbocycles. The molecular weight excluding hydrogens is 459 g/mol. The lowest BCUT2D eigenvalue weighted by Gasteiger charge is -2.31. The fourth-order valence-electron chi connectivity index (χ4n) is 3.51. The molecule has 0 saturated heterocycles. The molecule has 0 unspecified atom stereocenters. The summed E-state index contributed by atoms with van der Waals surface area (Å²) in [4.78, 5) is 28.0. The molecule has 0 radical (unpaired) electrons. The molecule has 2 atom stereocenters. The van der Waals surface area contributed by atoms with Crippen molar-refractivity contribution in [3.63, 3.8) is 0 Å². The molecule has 0 aliphatic rings. The van der Waals surface area contributed by atoms with Crippen molar-refractivity contribution in [2.45, 2.75) is 72.0 Å². The number of benzene rings is 2. The lowest BCUT2D eigenvalue weighted by Crippen LogP contribution is -2.51. The summed E-state index contributed by atoms with van der Waals surface area (Å²) >= 11 is 12.2. The maximum absolute atomic E-state index is 13.4. The number of halogens is 2. The van der Waals surface area contributed by atoms with Gasteiger partial charge in [-0.15, -0.1) is 0 Å². The van der Waals surface area contributed by atoms with E-state index in [0.29, 0.717) is 22.2 Å². The minimum absolute atomic E-state index is 0.0163. The Hall–Kier alpha value is -2.24. The SMILES string of the molecule is CC[C@@H](C)NC(=O)[C@@H](CC)N(Cc1ccc(Cl)c(Cl)c1)C(=O)COc1ccccc1C(C)C. The van der Waals surface area contributed by atoms with Crippen LogP contribution in [0, 0.1) is 0 Å². The molecule has 0 aliphatic heterocycles. The summed E-state index contributed by atoms with van der Waals surface area (Å²) in [6, 6.07) is 12.3. The lowest BCUT2D eigenvalue weighted by molar-refractivity contribution is -0.143. The highest BCUT2D eigenvalue weighted by Crippen LogP contribution is 2.27. The highest BCUT2D eigenvalue weighted by atomic mass is 35.5. The monoisotopic (exact) mass is 492 g/mol. The third kappa shape index (κ3) is 7.65. The third-order valence-corrected chi connectivity index (χ3v) is 6.36. The van der Waals surface area contributed by atoms with Crippen molar-refractivity contribution in [1.82, 2.24) is 10.2 Å². The van der Waals surface area contributed by atoms with Crippen molar-refractivity contribution >= 4 is 35.0 Å². The molecule has 0 fully saturated rings. The van der Waals surface area contributed by atoms with E-state index in [9.17, 15) is 9.59 Å². The number of nitrogens with zero attached hydrogens (tertiary/aromatic N) is 1. The van der Waals surface area contributed by atoms with Crippen LogP contribution >= 0.6 is 23.2 Å². The largest absolute Gasteiger partial charge is 0.483 e. The van der Waals surface area contributed by atoms with Gasteiger partial charge in [0.2, 0.25) is 5.91 Å². The number of carbonyl (C=O) groups is 2. The van der Waals surface area contributed by atoms with E-state index in [1.54, 1.807) is 17.0 Å². The van der Waals surface area contributed by atoms with Crippen molar-refractivity contribution in [2.75, 3.05) is 6.61 Å². The zero-order chi connectivity index (χ0) is 24.5. The van der Waals surface area contributed by atoms with Crippen LogP contribution in [-0.2, 0) is 16.1 Å². The number of amides is 2. The van der Waals surface area contributed by atoms with Gasteiger partial charge in [-0.3, -0.25) is 9.59 Å². The van der Waals surface area contributed by atoms with E-state index in [0.717, 1.165) is 17.5 Å². The summed E-state index contributed by atoms with van der Waals surface area (Å²) in [5.41, 5.74) is 1.82. The van der Waals surface area contributed by atoms with E-state index in [1.807, 2.05) is 51.1 Å². The van der Waals surface area contributed by atoms with Gasteiger partial charge in [0.1, 0.15) is 11.8 Å². The molecule has 7 heteroatoms. The van der Waals surface area contributed by atoms with Gasteiger partial charge in [0, 0.05) is 12.6 Å². The molecule has 0 aromatic heterocycles. The molecule has 0 spiro atoms. The molecule has 2 aromatic carbocycles. The molecule has 0 bridgehead atoms. The summed E-state index contributed by atoms with van der Waals surface area (Å²) in [5, 5.41) is 3.84. The van der Waals surface area contributed by atoms with Crippen LogP contribution in [0.15, 0.2) is 42.5 Å². The van der Waals surface area contributed by atoms with Gasteiger partial charge in [-0.25, -0.2) is 0 Å². The van der Waals surface area contributed by atoms with Crippen LogP contribution in [0.2, 0.25) is 10.0 Å². The quantitative estimate of drug-likeness (QED) is 0.405. The molecular formula is C26H34Cl2N2O3. The first-order valence-corrected chi connectivity index (χ1v) is 12.2. The standard InChI is InChI=1S/C26H34Cl2N2O3/c1-6-18(5)29-26(32)23(7-2)30(15-19-12-13-21(27)22(28)14-19)25(31)16-33-24-11-9-8-10-20(24)17(3)4/h8-14,17-18,23H,6-7,15-16H2,1-5H3,(H,29,32)/t18-,23-/m1/s1. The lowest BCUT2D eigenvalue weighted by atomic mass is 10.0. The van der Waals surface area contributed by atoms with E-state index >= 15 is 0 Å². The average Bonchev–Trinajstić information content (AvgIpc) is 2.79. The predicted octanol–water partition coefficient (Wildman–Crippen LogP) is 6.22. The number of nitrogens with one attached hydrogen (secondary N) is 1. The number of ether oxygens (including phenoxy) is 1. The van der Waals surface area contributed by atoms with Gasteiger partial charge in [0.25, 0.3) is 5.91 Å². The van der Waals surface area contributed by atoms with E-state index < -0.39 is 6.04 Å². The van der Waals surface area contributed by atoms with Crippen molar-refractivity contribution in [3.05, 3.63) is 63.6 Å². The smallest absolute Gasteiger partial charge is 0.261 e. The maximum Gasteiger partial charge on any atom is 0.261 e. The van der Waals surface area contributed by atoms with Crippen molar-refractivity contribution in [3.8, 4) is 5.75 Å². The Morgan fingerprint density at radius 2 is 1.70 bits per heavy atom. The minimum atomic E-state index is -0.634. The van der Waals surface area contributed by atoms with Gasteiger partial charge in [-0.1, -0.05) is 75.2 Å². The van der Waals surface area contributed by atoms with E-state index in [2.05, 4.69) is 19.2 Å². The third-order valence-electron chi connectivity index (χ3n) is 5.62. The van der Waals surface area contributed by atoms with Crippen LogP contribution in [0.4, 0.5) is 0 Å². The Bertz CT molecular complexity index is 949. The second kappa shape index (κ2) is 12.9. The average molecular weight is 493 g/mol. The van der Waals surface area contributed by atoms with Crippen molar-refractivity contribution < 1.29 is 14.3 Å². The maximum atomic E-state index is 13.4. The second-order valence-electron chi connectivity index (χ2n) is 8.49. The number of rotatable bonds is 11. The minimum Gasteiger partial charge on any atom is -0.483 e. The molecule has 2 amide bonds. The predicted molar refractivity (Wildman–Crippen MR) is 135 cm³/mol. The van der Waals surface area contributed by atoms with Crippen molar-refractivity contribution in [1.29, 1.82) is 0 Å². The van der Waals surface area contributed by atoms with Crippen molar-refractivity contribution in [2.24, 2.45) is 0 Å². The summed E-state index contributed by atoms with van der Waals surface area (Å²) < 4.78 is 5.93. The van der Waals surface area contributed by atoms with Crippen LogP contribution < -0.4 is 10.1 Å².